The van der Waals surface area contributed by atoms with Crippen molar-refractivity contribution < 1.29 is 4.58 Å². The molecule has 19 heavy (non-hydrogen) atoms. The minimum atomic E-state index is -0.268. The molecule has 1 heterocycles. The van der Waals surface area contributed by atoms with Gasteiger partial charge in [-0.1, -0.05) is 0 Å². The molecule has 0 saturated carbocycles. The molecule has 0 spiro atoms. The van der Waals surface area contributed by atoms with Crippen molar-refractivity contribution in [3.05, 3.63) is 0 Å². The van der Waals surface area contributed by atoms with Crippen molar-refractivity contribution in [2.24, 2.45) is 0 Å². The summed E-state index contributed by atoms with van der Waals surface area (Å²) in [6.45, 7) is 18.1. The third-order valence-electron chi connectivity index (χ3n) is 3.24. The van der Waals surface area contributed by atoms with Gasteiger partial charge >= 0.3 is 0 Å². The zero-order valence-electron chi connectivity index (χ0n) is 13.5. The van der Waals surface area contributed by atoms with E-state index in [1.807, 2.05) is 0 Å². The molecule has 2 nitrogen and oxygen atoms in total. The summed E-state index contributed by atoms with van der Waals surface area (Å²) in [7, 11) is 1.43. The fourth-order valence-electron chi connectivity index (χ4n) is 2.66. The Kier molecular flexibility index (Phi) is 6.66. The van der Waals surface area contributed by atoms with Crippen LogP contribution in [-0.4, -0.2) is 44.0 Å². The van der Waals surface area contributed by atoms with Crippen LogP contribution < -0.4 is 0 Å². The van der Waals surface area contributed by atoms with E-state index in [4.69, 9.17) is 0 Å². The summed E-state index contributed by atoms with van der Waals surface area (Å²) < 4.78 is 2.57. The van der Waals surface area contributed by atoms with Crippen LogP contribution in [0.15, 0.2) is 0 Å². The molecule has 1 unspecified atom stereocenters. The van der Waals surface area contributed by atoms with Gasteiger partial charge in [-0.2, -0.15) is 0 Å². The Morgan fingerprint density at radius 3 is 1.63 bits per heavy atom. The second kappa shape index (κ2) is 7.12. The van der Waals surface area contributed by atoms with Gasteiger partial charge < -0.3 is 0 Å². The Balaban J connectivity index is 3.12. The second-order valence-electron chi connectivity index (χ2n) is 6.18. The highest BCUT2D eigenvalue weighted by Gasteiger charge is 2.41. The number of rotatable bonds is 5. The molecule has 0 aliphatic carbocycles. The van der Waals surface area contributed by atoms with Crippen molar-refractivity contribution in [3.63, 3.8) is 0 Å². The molecule has 110 valence electrons. The third kappa shape index (κ3) is 3.88. The SMILES string of the molecule is CC(C)N(C1=PC(=[N+](C(C)C)C(C)C)P1Br)C(C)C. The van der Waals surface area contributed by atoms with E-state index in [-0.39, 0.29) is 6.62 Å². The van der Waals surface area contributed by atoms with E-state index in [2.05, 4.69) is 80.4 Å². The van der Waals surface area contributed by atoms with E-state index in [9.17, 15) is 0 Å². The highest BCUT2D eigenvalue weighted by Crippen LogP contribution is 2.62. The number of hydrogen-bond donors (Lipinski definition) is 0. The Bertz CT molecular complexity index is 369. The fraction of sp³-hybridized carbons (Fsp3) is 0.857. The second-order valence-corrected chi connectivity index (χ2v) is 11.5. The van der Waals surface area contributed by atoms with Crippen molar-refractivity contribution >= 4 is 40.7 Å². The Morgan fingerprint density at radius 2 is 1.37 bits per heavy atom. The summed E-state index contributed by atoms with van der Waals surface area (Å²) in [4.78, 5) is 2.57. The Labute approximate surface area is 129 Å². The van der Waals surface area contributed by atoms with Gasteiger partial charge in [0.15, 0.2) is 0 Å². The number of nitrogens with zero attached hydrogens (tertiary/aromatic N) is 2. The lowest BCUT2D eigenvalue weighted by Crippen LogP contribution is -2.44. The highest BCUT2D eigenvalue weighted by molar-refractivity contribution is 9.43. The topological polar surface area (TPSA) is 6.25 Å². The standard InChI is InChI=1S/C14H28BrN2P2/c1-9(2)16(10(3)4)13-18-14(19(13)15)17(11(5)6)12(7)8/h9-12H,1-8H3/q+1. The summed E-state index contributed by atoms with van der Waals surface area (Å²) in [6, 6.07) is 2.33. The molecule has 0 bridgehead atoms. The summed E-state index contributed by atoms with van der Waals surface area (Å²) >= 11 is 3.97. The van der Waals surface area contributed by atoms with Crippen LogP contribution in [-0.2, 0) is 0 Å². The maximum Gasteiger partial charge on any atom is 0.240 e. The first-order chi connectivity index (χ1) is 8.68. The molecule has 1 rings (SSSR count). The van der Waals surface area contributed by atoms with Gasteiger partial charge in [-0.3, -0.25) is 4.90 Å². The predicted molar refractivity (Wildman–Crippen MR) is 95.4 cm³/mol. The van der Waals surface area contributed by atoms with E-state index in [0.717, 1.165) is 0 Å². The third-order valence-corrected chi connectivity index (χ3v) is 10.7. The summed E-state index contributed by atoms with van der Waals surface area (Å²) in [5.74, 6) is 0. The number of halogens is 1. The van der Waals surface area contributed by atoms with Crippen molar-refractivity contribution in [1.82, 2.24) is 4.90 Å². The van der Waals surface area contributed by atoms with Crippen LogP contribution >= 0.6 is 30.3 Å². The van der Waals surface area contributed by atoms with E-state index in [1.165, 1.54) is 8.20 Å². The van der Waals surface area contributed by atoms with Gasteiger partial charge in [0.05, 0.1) is 5.16 Å². The average Bonchev–Trinajstić information content (AvgIpc) is 2.24. The quantitative estimate of drug-likeness (QED) is 0.483. The smallest absolute Gasteiger partial charge is 0.240 e. The molecule has 5 heteroatoms. The van der Waals surface area contributed by atoms with Crippen LogP contribution in [0.1, 0.15) is 55.4 Å². The van der Waals surface area contributed by atoms with Crippen LogP contribution in [0.5, 0.6) is 0 Å². The van der Waals surface area contributed by atoms with Crippen LogP contribution in [0.3, 0.4) is 0 Å². The molecule has 0 amide bonds. The summed E-state index contributed by atoms with van der Waals surface area (Å²) in [5.41, 5.74) is 0. The molecule has 0 saturated heterocycles. The van der Waals surface area contributed by atoms with Crippen molar-refractivity contribution in [3.8, 4) is 0 Å². The van der Waals surface area contributed by atoms with E-state index >= 15 is 0 Å². The molecule has 0 aromatic rings. The molecular weight excluding hydrogens is 338 g/mol. The van der Waals surface area contributed by atoms with Crippen LogP contribution in [0.2, 0.25) is 0 Å². The molecular formula is C14H28BrN2P2+. The van der Waals surface area contributed by atoms with E-state index in [1.54, 1.807) is 10.4 Å². The summed E-state index contributed by atoms with van der Waals surface area (Å²) in [6.07, 6.45) is 0. The molecule has 0 N–H and O–H groups in total. The molecule has 0 radical (unpaired) electrons. The Hall–Kier alpha value is 0.710. The van der Waals surface area contributed by atoms with E-state index in [0.29, 0.717) is 24.2 Å². The van der Waals surface area contributed by atoms with Crippen molar-refractivity contribution in [2.75, 3.05) is 0 Å². The van der Waals surface area contributed by atoms with Gasteiger partial charge in [-0.25, -0.2) is 4.58 Å². The molecule has 1 atom stereocenters. The van der Waals surface area contributed by atoms with Gasteiger partial charge in [-0.15, -0.1) is 0 Å². The average molecular weight is 366 g/mol. The van der Waals surface area contributed by atoms with Crippen LogP contribution in [0.4, 0.5) is 0 Å². The Morgan fingerprint density at radius 1 is 0.947 bits per heavy atom. The molecule has 0 fully saturated rings. The van der Waals surface area contributed by atoms with Crippen LogP contribution in [0, 0.1) is 0 Å². The maximum absolute atomic E-state index is 3.97. The van der Waals surface area contributed by atoms with Gasteiger partial charge in [0.2, 0.25) is 5.19 Å². The van der Waals surface area contributed by atoms with Crippen molar-refractivity contribution in [2.45, 2.75) is 79.6 Å². The monoisotopic (exact) mass is 365 g/mol. The first-order valence-electron chi connectivity index (χ1n) is 7.16. The minimum Gasteiger partial charge on any atom is -0.264 e. The maximum atomic E-state index is 3.97. The lowest BCUT2D eigenvalue weighted by molar-refractivity contribution is -0.583. The molecule has 1 aliphatic heterocycles. The lowest BCUT2D eigenvalue weighted by atomic mass is 10.2. The first kappa shape index (κ1) is 17.8. The molecule has 0 aromatic carbocycles. The first-order valence-corrected chi connectivity index (χ1v) is 11.4. The van der Waals surface area contributed by atoms with Gasteiger partial charge in [0.1, 0.15) is 18.7 Å². The fourth-order valence-corrected chi connectivity index (χ4v) is 9.17. The molecule has 1 aliphatic rings. The summed E-state index contributed by atoms with van der Waals surface area (Å²) in [5, 5.41) is 3.17. The zero-order chi connectivity index (χ0) is 14.9. The minimum absolute atomic E-state index is 0.268. The van der Waals surface area contributed by atoms with Crippen LogP contribution in [0.25, 0.3) is 0 Å². The van der Waals surface area contributed by atoms with Crippen molar-refractivity contribution in [1.29, 1.82) is 0 Å². The number of hydrogen-bond acceptors (Lipinski definition) is 1. The largest absolute Gasteiger partial charge is 0.264 e. The normalized spacial score (nSPS) is 20.6. The highest BCUT2D eigenvalue weighted by atomic mass is 79.9. The van der Waals surface area contributed by atoms with Gasteiger partial charge in [0.25, 0.3) is 0 Å². The molecule has 0 aromatic heterocycles. The predicted octanol–water partition coefficient (Wildman–Crippen LogP) is 5.13. The van der Waals surface area contributed by atoms with Gasteiger partial charge in [0, 0.05) is 20.3 Å². The van der Waals surface area contributed by atoms with E-state index < -0.39 is 0 Å². The zero-order valence-corrected chi connectivity index (χ0v) is 16.9. The van der Waals surface area contributed by atoms with Gasteiger partial charge in [-0.05, 0) is 70.9 Å². The lowest BCUT2D eigenvalue weighted by Gasteiger charge is -2.37.